The topological polar surface area (TPSA) is 24.5 Å². The molecule has 1 aliphatic heterocycles. The number of nitrogens with zero attached hydrogens (tertiary/aromatic N) is 1. The first kappa shape index (κ1) is 13.7. The summed E-state index contributed by atoms with van der Waals surface area (Å²) < 4.78 is 5.71. The van der Waals surface area contributed by atoms with Gasteiger partial charge in [0.1, 0.15) is 12.4 Å². The molecule has 1 heterocycles. The fraction of sp³-hybridized carbons (Fsp3) is 0.571. The summed E-state index contributed by atoms with van der Waals surface area (Å²) in [5.74, 6) is 0.890. The predicted molar refractivity (Wildman–Crippen MR) is 75.5 cm³/mol. The van der Waals surface area contributed by atoms with Crippen molar-refractivity contribution >= 4 is 11.6 Å². The number of hydrogen-bond donors (Lipinski definition) is 1. The van der Waals surface area contributed by atoms with Crippen LogP contribution < -0.4 is 10.1 Å². The van der Waals surface area contributed by atoms with E-state index in [2.05, 4.69) is 17.1 Å². The number of benzene rings is 1. The van der Waals surface area contributed by atoms with Crippen LogP contribution in [-0.4, -0.2) is 43.7 Å². The number of rotatable bonds is 4. The molecule has 18 heavy (non-hydrogen) atoms. The Morgan fingerprint density at radius 2 is 2.11 bits per heavy atom. The molecule has 0 aromatic heterocycles. The first-order valence-corrected chi connectivity index (χ1v) is 6.96. The van der Waals surface area contributed by atoms with Gasteiger partial charge in [-0.25, -0.2) is 0 Å². The van der Waals surface area contributed by atoms with Gasteiger partial charge in [-0.05, 0) is 44.2 Å². The maximum Gasteiger partial charge on any atom is 0.119 e. The van der Waals surface area contributed by atoms with E-state index in [9.17, 15) is 0 Å². The fourth-order valence-electron chi connectivity index (χ4n) is 2.11. The maximum atomic E-state index is 5.83. The van der Waals surface area contributed by atoms with Crippen LogP contribution in [0.3, 0.4) is 0 Å². The first-order chi connectivity index (χ1) is 8.74. The second kappa shape index (κ2) is 6.98. The predicted octanol–water partition coefficient (Wildman–Crippen LogP) is 2.40. The van der Waals surface area contributed by atoms with E-state index in [1.807, 2.05) is 24.3 Å². The summed E-state index contributed by atoms with van der Waals surface area (Å²) in [5, 5.41) is 4.24. The van der Waals surface area contributed by atoms with E-state index < -0.39 is 0 Å². The van der Waals surface area contributed by atoms with Crippen LogP contribution in [0.15, 0.2) is 24.3 Å². The van der Waals surface area contributed by atoms with Crippen molar-refractivity contribution in [1.29, 1.82) is 0 Å². The van der Waals surface area contributed by atoms with Gasteiger partial charge in [-0.1, -0.05) is 11.6 Å². The highest BCUT2D eigenvalue weighted by Gasteiger charge is 2.12. The molecular weight excluding hydrogens is 248 g/mol. The summed E-state index contributed by atoms with van der Waals surface area (Å²) in [6, 6.07) is 8.17. The molecule has 1 aliphatic rings. The van der Waals surface area contributed by atoms with E-state index in [4.69, 9.17) is 16.3 Å². The molecule has 0 bridgehead atoms. The van der Waals surface area contributed by atoms with Crippen molar-refractivity contribution in [3.05, 3.63) is 29.3 Å². The lowest BCUT2D eigenvalue weighted by Gasteiger charge is -2.19. The van der Waals surface area contributed by atoms with Crippen molar-refractivity contribution in [3.8, 4) is 5.75 Å². The molecule has 0 amide bonds. The van der Waals surface area contributed by atoms with Crippen LogP contribution in [0.25, 0.3) is 0 Å². The Labute approximate surface area is 114 Å². The van der Waals surface area contributed by atoms with Crippen molar-refractivity contribution in [2.45, 2.75) is 19.4 Å². The zero-order valence-corrected chi connectivity index (χ0v) is 11.6. The minimum atomic E-state index is 0.632. The summed E-state index contributed by atoms with van der Waals surface area (Å²) in [7, 11) is 0. The van der Waals surface area contributed by atoms with Gasteiger partial charge in [-0.15, -0.1) is 0 Å². The highest BCUT2D eigenvalue weighted by molar-refractivity contribution is 6.30. The Kier molecular flexibility index (Phi) is 5.29. The lowest BCUT2D eigenvalue weighted by molar-refractivity contribution is 0.217. The van der Waals surface area contributed by atoms with E-state index in [-0.39, 0.29) is 0 Å². The minimum absolute atomic E-state index is 0.632. The first-order valence-electron chi connectivity index (χ1n) is 6.58. The molecule has 0 radical (unpaired) electrons. The third kappa shape index (κ3) is 4.48. The van der Waals surface area contributed by atoms with Gasteiger partial charge < -0.3 is 10.1 Å². The second-order valence-electron chi connectivity index (χ2n) is 4.79. The highest BCUT2D eigenvalue weighted by atomic mass is 35.5. The Balaban J connectivity index is 1.70. The van der Waals surface area contributed by atoms with E-state index in [1.54, 1.807) is 0 Å². The third-order valence-corrected chi connectivity index (χ3v) is 3.54. The Morgan fingerprint density at radius 1 is 1.33 bits per heavy atom. The number of ether oxygens (including phenoxy) is 1. The standard InChI is InChI=1S/C14H21ClN2O/c1-12-6-8-17(9-7-16-12)10-11-18-14-4-2-13(15)3-5-14/h2-5,12,16H,6-11H2,1H3. The largest absolute Gasteiger partial charge is 0.492 e. The zero-order chi connectivity index (χ0) is 12.8. The van der Waals surface area contributed by atoms with Gasteiger partial charge in [0.05, 0.1) is 0 Å². The van der Waals surface area contributed by atoms with Crippen molar-refractivity contribution in [2.75, 3.05) is 32.8 Å². The van der Waals surface area contributed by atoms with Gasteiger partial charge in [-0.3, -0.25) is 4.90 Å². The van der Waals surface area contributed by atoms with Crippen LogP contribution >= 0.6 is 11.6 Å². The van der Waals surface area contributed by atoms with Crippen LogP contribution in [0, 0.1) is 0 Å². The zero-order valence-electron chi connectivity index (χ0n) is 10.9. The smallest absolute Gasteiger partial charge is 0.119 e. The van der Waals surface area contributed by atoms with Gasteiger partial charge in [0.2, 0.25) is 0 Å². The molecule has 1 atom stereocenters. The van der Waals surface area contributed by atoms with Crippen LogP contribution in [0.1, 0.15) is 13.3 Å². The van der Waals surface area contributed by atoms with Gasteiger partial charge in [-0.2, -0.15) is 0 Å². The van der Waals surface area contributed by atoms with Crippen molar-refractivity contribution in [1.82, 2.24) is 10.2 Å². The van der Waals surface area contributed by atoms with Crippen LogP contribution in [-0.2, 0) is 0 Å². The molecule has 1 unspecified atom stereocenters. The Bertz CT molecular complexity index is 355. The van der Waals surface area contributed by atoms with Gasteiger partial charge >= 0.3 is 0 Å². The molecule has 2 rings (SSSR count). The van der Waals surface area contributed by atoms with E-state index in [1.165, 1.54) is 6.42 Å². The lowest BCUT2D eigenvalue weighted by Crippen LogP contribution is -2.32. The molecule has 1 aromatic rings. The number of halogens is 1. The van der Waals surface area contributed by atoms with Crippen LogP contribution in [0.5, 0.6) is 5.75 Å². The van der Waals surface area contributed by atoms with E-state index in [0.717, 1.165) is 43.6 Å². The average Bonchev–Trinajstić information content (AvgIpc) is 2.57. The Morgan fingerprint density at radius 3 is 2.89 bits per heavy atom. The lowest BCUT2D eigenvalue weighted by atomic mass is 10.2. The van der Waals surface area contributed by atoms with Crippen molar-refractivity contribution < 1.29 is 4.74 Å². The number of hydrogen-bond acceptors (Lipinski definition) is 3. The summed E-state index contributed by atoms with van der Waals surface area (Å²) in [6.45, 7) is 7.29. The quantitative estimate of drug-likeness (QED) is 0.908. The molecule has 1 aromatic carbocycles. The third-order valence-electron chi connectivity index (χ3n) is 3.29. The Hall–Kier alpha value is -0.770. The van der Waals surface area contributed by atoms with Gasteiger partial charge in [0.25, 0.3) is 0 Å². The molecule has 4 heteroatoms. The second-order valence-corrected chi connectivity index (χ2v) is 5.22. The molecule has 1 saturated heterocycles. The monoisotopic (exact) mass is 268 g/mol. The summed E-state index contributed by atoms with van der Waals surface area (Å²) in [6.07, 6.45) is 1.21. The summed E-state index contributed by atoms with van der Waals surface area (Å²) in [4.78, 5) is 2.45. The van der Waals surface area contributed by atoms with Crippen molar-refractivity contribution in [2.24, 2.45) is 0 Å². The van der Waals surface area contributed by atoms with Crippen molar-refractivity contribution in [3.63, 3.8) is 0 Å². The molecule has 0 aliphatic carbocycles. The summed E-state index contributed by atoms with van der Waals surface area (Å²) >= 11 is 5.83. The summed E-state index contributed by atoms with van der Waals surface area (Å²) in [5.41, 5.74) is 0. The van der Waals surface area contributed by atoms with Crippen LogP contribution in [0.4, 0.5) is 0 Å². The molecule has 0 saturated carbocycles. The molecular formula is C14H21ClN2O. The van der Waals surface area contributed by atoms with E-state index >= 15 is 0 Å². The fourth-order valence-corrected chi connectivity index (χ4v) is 2.23. The normalized spacial score (nSPS) is 21.6. The van der Waals surface area contributed by atoms with Crippen LogP contribution in [0.2, 0.25) is 5.02 Å². The molecule has 100 valence electrons. The SMILES string of the molecule is CC1CCN(CCOc2ccc(Cl)cc2)CCN1. The average molecular weight is 269 g/mol. The molecule has 0 spiro atoms. The molecule has 1 fully saturated rings. The number of nitrogens with one attached hydrogen (secondary N) is 1. The maximum absolute atomic E-state index is 5.83. The highest BCUT2D eigenvalue weighted by Crippen LogP contribution is 2.15. The van der Waals surface area contributed by atoms with E-state index in [0.29, 0.717) is 6.04 Å². The van der Waals surface area contributed by atoms with Gasteiger partial charge in [0, 0.05) is 30.7 Å². The minimum Gasteiger partial charge on any atom is -0.492 e. The molecule has 1 N–H and O–H groups in total. The molecule has 3 nitrogen and oxygen atoms in total. The van der Waals surface area contributed by atoms with Gasteiger partial charge in [0.15, 0.2) is 0 Å².